The molecule has 6 heteroatoms. The highest BCUT2D eigenvalue weighted by atomic mass is 16.5. The van der Waals surface area contributed by atoms with E-state index in [1.165, 1.54) is 10.9 Å². The van der Waals surface area contributed by atoms with Crippen molar-refractivity contribution in [3.63, 3.8) is 0 Å². The molecule has 2 aromatic heterocycles. The van der Waals surface area contributed by atoms with Gasteiger partial charge >= 0.3 is 6.03 Å². The number of fused-ring (bicyclic) bond motifs is 3. The number of rotatable bonds is 4. The Balaban J connectivity index is 1.54. The lowest BCUT2D eigenvalue weighted by Gasteiger charge is -2.36. The Morgan fingerprint density at radius 2 is 2.00 bits per heavy atom. The summed E-state index contributed by atoms with van der Waals surface area (Å²) in [6.07, 6.45) is 4.37. The van der Waals surface area contributed by atoms with Gasteiger partial charge in [0, 0.05) is 35.5 Å². The molecule has 3 heterocycles. The molecule has 2 aromatic carbocycles. The summed E-state index contributed by atoms with van der Waals surface area (Å²) in [4.78, 5) is 23.2. The first-order valence-corrected chi connectivity index (χ1v) is 10.5. The fraction of sp³-hybridized carbons (Fsp3) is 0.200. The largest absolute Gasteiger partial charge is 0.492 e. The molecular formula is C25H24N4O2. The van der Waals surface area contributed by atoms with Gasteiger partial charge in [0.2, 0.25) is 0 Å². The van der Waals surface area contributed by atoms with Gasteiger partial charge in [0.25, 0.3) is 0 Å². The number of hydrogen-bond donors (Lipinski definition) is 2. The highest BCUT2D eigenvalue weighted by Crippen LogP contribution is 2.38. The average Bonchev–Trinajstić information content (AvgIpc) is 3.19. The predicted molar refractivity (Wildman–Crippen MR) is 121 cm³/mol. The maximum absolute atomic E-state index is 13.5. The minimum atomic E-state index is -0.246. The summed E-state index contributed by atoms with van der Waals surface area (Å²) in [6, 6.07) is 19.3. The monoisotopic (exact) mass is 412 g/mol. The zero-order valence-electron chi connectivity index (χ0n) is 17.3. The molecule has 0 spiro atoms. The second-order valence-corrected chi connectivity index (χ2v) is 7.55. The van der Waals surface area contributed by atoms with Crippen molar-refractivity contribution in [2.45, 2.75) is 19.4 Å². The number of anilines is 1. The van der Waals surface area contributed by atoms with Gasteiger partial charge in [-0.15, -0.1) is 0 Å². The SMILES string of the molecule is CCOc1ccccc1NC(=O)N1CCc2c([nH]c3ccccc23)[C@H]1c1cccnc1. The Bertz CT molecular complexity index is 1220. The minimum Gasteiger partial charge on any atom is -0.492 e. The van der Waals surface area contributed by atoms with Crippen LogP contribution in [0.1, 0.15) is 29.8 Å². The van der Waals surface area contributed by atoms with E-state index in [-0.39, 0.29) is 12.1 Å². The van der Waals surface area contributed by atoms with Gasteiger partial charge in [0.15, 0.2) is 0 Å². The molecule has 0 fully saturated rings. The van der Waals surface area contributed by atoms with Crippen molar-refractivity contribution in [2.75, 3.05) is 18.5 Å². The molecule has 0 bridgehead atoms. The van der Waals surface area contributed by atoms with E-state index < -0.39 is 0 Å². The summed E-state index contributed by atoms with van der Waals surface area (Å²) >= 11 is 0. The molecule has 156 valence electrons. The lowest BCUT2D eigenvalue weighted by Crippen LogP contribution is -2.43. The number of ether oxygens (including phenoxy) is 1. The van der Waals surface area contributed by atoms with E-state index >= 15 is 0 Å². The number of nitrogens with one attached hydrogen (secondary N) is 2. The van der Waals surface area contributed by atoms with Gasteiger partial charge in [-0.1, -0.05) is 36.4 Å². The average molecular weight is 412 g/mol. The molecule has 0 saturated heterocycles. The third-order valence-corrected chi connectivity index (χ3v) is 5.72. The standard InChI is InChI=1S/C25H24N4O2/c1-2-31-22-12-6-5-11-21(22)28-25(30)29-15-13-19-18-9-3-4-10-20(18)27-23(19)24(29)17-8-7-14-26-16-17/h3-12,14,16,24,27H,2,13,15H2,1H3,(H,28,30)/t24-/m1/s1. The third-order valence-electron chi connectivity index (χ3n) is 5.72. The Hall–Kier alpha value is -3.80. The second-order valence-electron chi connectivity index (χ2n) is 7.55. The number of carbonyl (C=O) groups excluding carboxylic acids is 1. The van der Waals surface area contributed by atoms with E-state index in [2.05, 4.69) is 33.5 Å². The maximum atomic E-state index is 13.5. The van der Waals surface area contributed by atoms with Gasteiger partial charge in [-0.05, 0) is 48.7 Å². The van der Waals surface area contributed by atoms with Crippen molar-refractivity contribution in [3.8, 4) is 5.75 Å². The zero-order chi connectivity index (χ0) is 21.2. The van der Waals surface area contributed by atoms with E-state index in [0.29, 0.717) is 24.6 Å². The Morgan fingerprint density at radius 1 is 1.16 bits per heavy atom. The molecule has 2 amide bonds. The normalized spacial score (nSPS) is 15.5. The molecule has 1 atom stereocenters. The summed E-state index contributed by atoms with van der Waals surface area (Å²) < 4.78 is 5.68. The fourth-order valence-electron chi connectivity index (χ4n) is 4.38. The lowest BCUT2D eigenvalue weighted by atomic mass is 9.93. The number of para-hydroxylation sites is 3. The number of benzene rings is 2. The first kappa shape index (κ1) is 19.2. The van der Waals surface area contributed by atoms with Crippen molar-refractivity contribution in [3.05, 3.63) is 89.9 Å². The molecule has 2 N–H and O–H groups in total. The molecule has 31 heavy (non-hydrogen) atoms. The summed E-state index contributed by atoms with van der Waals surface area (Å²) in [5.41, 5.74) is 5.05. The van der Waals surface area contributed by atoms with Crippen LogP contribution in [0.3, 0.4) is 0 Å². The van der Waals surface area contributed by atoms with Crippen LogP contribution in [0, 0.1) is 0 Å². The maximum Gasteiger partial charge on any atom is 0.322 e. The summed E-state index contributed by atoms with van der Waals surface area (Å²) in [7, 11) is 0. The van der Waals surface area contributed by atoms with Crippen LogP contribution in [0.2, 0.25) is 0 Å². The van der Waals surface area contributed by atoms with Crippen LogP contribution in [-0.4, -0.2) is 34.1 Å². The van der Waals surface area contributed by atoms with Crippen LogP contribution in [0.25, 0.3) is 10.9 Å². The van der Waals surface area contributed by atoms with Crippen LogP contribution in [0.15, 0.2) is 73.1 Å². The second kappa shape index (κ2) is 8.14. The van der Waals surface area contributed by atoms with Gasteiger partial charge in [-0.2, -0.15) is 0 Å². The first-order chi connectivity index (χ1) is 15.3. The van der Waals surface area contributed by atoms with E-state index in [1.807, 2.05) is 60.5 Å². The van der Waals surface area contributed by atoms with Crippen LogP contribution in [0.4, 0.5) is 10.5 Å². The molecule has 4 aromatic rings. The van der Waals surface area contributed by atoms with Crippen LogP contribution in [0.5, 0.6) is 5.75 Å². The first-order valence-electron chi connectivity index (χ1n) is 10.5. The number of H-pyrrole nitrogens is 1. The number of pyridine rings is 1. The zero-order valence-corrected chi connectivity index (χ0v) is 17.3. The van der Waals surface area contributed by atoms with Crippen LogP contribution in [-0.2, 0) is 6.42 Å². The molecule has 1 aliphatic heterocycles. The van der Waals surface area contributed by atoms with Crippen LogP contribution >= 0.6 is 0 Å². The summed E-state index contributed by atoms with van der Waals surface area (Å²) in [5, 5.41) is 4.27. The predicted octanol–water partition coefficient (Wildman–Crippen LogP) is 5.14. The highest BCUT2D eigenvalue weighted by molar-refractivity contribution is 5.92. The molecular weight excluding hydrogens is 388 g/mol. The van der Waals surface area contributed by atoms with Crippen molar-refractivity contribution >= 4 is 22.6 Å². The smallest absolute Gasteiger partial charge is 0.322 e. The molecule has 6 nitrogen and oxygen atoms in total. The van der Waals surface area contributed by atoms with E-state index in [9.17, 15) is 4.79 Å². The Morgan fingerprint density at radius 3 is 2.84 bits per heavy atom. The number of aromatic nitrogens is 2. The van der Waals surface area contributed by atoms with E-state index in [4.69, 9.17) is 4.74 Å². The van der Waals surface area contributed by atoms with Crippen molar-refractivity contribution < 1.29 is 9.53 Å². The summed E-state index contributed by atoms with van der Waals surface area (Å²) in [6.45, 7) is 3.07. The minimum absolute atomic E-state index is 0.162. The third kappa shape index (κ3) is 3.50. The molecule has 0 unspecified atom stereocenters. The van der Waals surface area contributed by atoms with Gasteiger partial charge in [-0.3, -0.25) is 4.98 Å². The molecule has 0 saturated carbocycles. The lowest BCUT2D eigenvalue weighted by molar-refractivity contribution is 0.193. The van der Waals surface area contributed by atoms with Crippen molar-refractivity contribution in [1.82, 2.24) is 14.9 Å². The number of hydrogen-bond acceptors (Lipinski definition) is 3. The van der Waals surface area contributed by atoms with Crippen molar-refractivity contribution in [1.29, 1.82) is 0 Å². The summed E-state index contributed by atoms with van der Waals surface area (Å²) in [5.74, 6) is 0.666. The number of carbonyl (C=O) groups is 1. The Labute approximate surface area is 180 Å². The van der Waals surface area contributed by atoms with Gasteiger partial charge < -0.3 is 19.9 Å². The topological polar surface area (TPSA) is 70.2 Å². The van der Waals surface area contributed by atoms with Gasteiger partial charge in [-0.25, -0.2) is 4.79 Å². The number of amides is 2. The molecule has 1 aliphatic rings. The number of urea groups is 1. The van der Waals surface area contributed by atoms with Crippen molar-refractivity contribution in [2.24, 2.45) is 0 Å². The quantitative estimate of drug-likeness (QED) is 0.487. The molecule has 5 rings (SSSR count). The number of nitrogens with zero attached hydrogens (tertiary/aromatic N) is 2. The molecule has 0 radical (unpaired) electrons. The number of aromatic amines is 1. The van der Waals surface area contributed by atoms with Gasteiger partial charge in [0.1, 0.15) is 11.8 Å². The van der Waals surface area contributed by atoms with E-state index in [1.54, 1.807) is 6.20 Å². The van der Waals surface area contributed by atoms with E-state index in [0.717, 1.165) is 23.2 Å². The molecule has 0 aliphatic carbocycles. The fourth-order valence-corrected chi connectivity index (χ4v) is 4.38. The van der Waals surface area contributed by atoms with Crippen LogP contribution < -0.4 is 10.1 Å². The Kier molecular flexibility index (Phi) is 5.04. The van der Waals surface area contributed by atoms with Gasteiger partial charge in [0.05, 0.1) is 12.3 Å². The highest BCUT2D eigenvalue weighted by Gasteiger charge is 2.35.